The van der Waals surface area contributed by atoms with E-state index in [0.29, 0.717) is 19.4 Å². The monoisotopic (exact) mass is 427 g/mol. The molecule has 3 aromatic rings. The van der Waals surface area contributed by atoms with Gasteiger partial charge in [0.1, 0.15) is 0 Å². The Labute approximate surface area is 189 Å². The highest BCUT2D eigenvalue weighted by molar-refractivity contribution is 5.83. The van der Waals surface area contributed by atoms with Crippen molar-refractivity contribution in [2.75, 3.05) is 13.6 Å². The molecule has 0 heterocycles. The molecule has 4 nitrogen and oxygen atoms in total. The lowest BCUT2D eigenvalue weighted by Crippen LogP contribution is -2.30. The molecule has 32 heavy (non-hydrogen) atoms. The molecule has 0 saturated carbocycles. The van der Waals surface area contributed by atoms with Gasteiger partial charge in [-0.3, -0.25) is 9.59 Å². The molecule has 3 rings (SSSR count). The van der Waals surface area contributed by atoms with Crippen LogP contribution in [0.2, 0.25) is 0 Å². The van der Waals surface area contributed by atoms with Gasteiger partial charge in [-0.2, -0.15) is 0 Å². The van der Waals surface area contributed by atoms with Gasteiger partial charge >= 0.3 is 5.97 Å². The molecule has 0 fully saturated rings. The summed E-state index contributed by atoms with van der Waals surface area (Å²) >= 11 is 0. The van der Waals surface area contributed by atoms with Gasteiger partial charge in [0.25, 0.3) is 0 Å². The van der Waals surface area contributed by atoms with Crippen molar-refractivity contribution in [3.05, 3.63) is 107 Å². The molecule has 0 aliphatic heterocycles. The second-order valence-electron chi connectivity index (χ2n) is 7.90. The maximum absolute atomic E-state index is 12.6. The Balaban J connectivity index is 1.62. The molecule has 0 aliphatic carbocycles. The van der Waals surface area contributed by atoms with Crippen LogP contribution in [0.5, 0.6) is 0 Å². The summed E-state index contributed by atoms with van der Waals surface area (Å²) in [6, 6.07) is 27.9. The summed E-state index contributed by atoms with van der Waals surface area (Å²) in [6.07, 6.45) is 3.77. The molecule has 0 aliphatic rings. The number of benzene rings is 3. The average Bonchev–Trinajstić information content (AvgIpc) is 2.82. The molecule has 0 atom stereocenters. The maximum atomic E-state index is 12.6. The van der Waals surface area contributed by atoms with Gasteiger partial charge in [-0.05, 0) is 40.7 Å². The van der Waals surface area contributed by atoms with Gasteiger partial charge in [-0.15, -0.1) is 0 Å². The third-order valence-electron chi connectivity index (χ3n) is 5.43. The lowest BCUT2D eigenvalue weighted by Gasteiger charge is -2.17. The van der Waals surface area contributed by atoms with E-state index >= 15 is 0 Å². The first-order valence-corrected chi connectivity index (χ1v) is 10.9. The molecule has 1 N–H and O–H groups in total. The zero-order chi connectivity index (χ0) is 22.8. The number of carbonyl (C=O) groups excluding carboxylic acids is 1. The topological polar surface area (TPSA) is 57.6 Å². The third-order valence-corrected chi connectivity index (χ3v) is 5.43. The molecule has 3 aromatic carbocycles. The highest BCUT2D eigenvalue weighted by atomic mass is 16.4. The molecule has 0 spiro atoms. The summed E-state index contributed by atoms with van der Waals surface area (Å²) in [5.41, 5.74) is 5.18. The van der Waals surface area contributed by atoms with Gasteiger partial charge in [0.15, 0.2) is 0 Å². The van der Waals surface area contributed by atoms with Crippen LogP contribution in [0.4, 0.5) is 0 Å². The Kier molecular flexibility index (Phi) is 8.38. The molecular formula is C28H29NO3. The van der Waals surface area contributed by atoms with Crippen LogP contribution in [0.25, 0.3) is 11.6 Å². The van der Waals surface area contributed by atoms with Crippen molar-refractivity contribution < 1.29 is 14.7 Å². The molecule has 0 bridgehead atoms. The summed E-state index contributed by atoms with van der Waals surface area (Å²) in [5, 5.41) is 9.08. The number of carboxylic acid groups (broad SMARTS) is 1. The first-order valence-electron chi connectivity index (χ1n) is 10.9. The van der Waals surface area contributed by atoms with E-state index in [2.05, 4.69) is 12.1 Å². The second kappa shape index (κ2) is 11.7. The standard InChI is InChI=1S/C28H29NO3/c1-29(19-18-22-8-4-2-5-9-22)27(30)21-24-14-12-23(13-15-24)20-26(16-17-28(31)32)25-10-6-3-7-11-25/h2-15,20H,16-19,21H2,1H3,(H,31,32). The first-order chi connectivity index (χ1) is 15.5. The molecule has 4 heteroatoms. The van der Waals surface area contributed by atoms with Gasteiger partial charge in [0.05, 0.1) is 6.42 Å². The van der Waals surface area contributed by atoms with E-state index in [1.165, 1.54) is 5.56 Å². The third kappa shape index (κ3) is 7.24. The van der Waals surface area contributed by atoms with Crippen LogP contribution < -0.4 is 0 Å². The number of likely N-dealkylation sites (N-methyl/N-ethyl adjacent to an activating group) is 1. The lowest BCUT2D eigenvalue weighted by atomic mass is 9.98. The minimum atomic E-state index is -0.808. The van der Waals surface area contributed by atoms with Crippen LogP contribution in [0.15, 0.2) is 84.9 Å². The molecule has 0 unspecified atom stereocenters. The summed E-state index contributed by atoms with van der Waals surface area (Å²) < 4.78 is 0. The summed E-state index contributed by atoms with van der Waals surface area (Å²) in [5.74, 6) is -0.715. The number of amides is 1. The van der Waals surface area contributed by atoms with Crippen molar-refractivity contribution in [3.8, 4) is 0 Å². The number of nitrogens with zero attached hydrogens (tertiary/aromatic N) is 1. The van der Waals surface area contributed by atoms with Crippen molar-refractivity contribution >= 4 is 23.5 Å². The van der Waals surface area contributed by atoms with Crippen LogP contribution in [-0.4, -0.2) is 35.5 Å². The molecule has 0 aromatic heterocycles. The molecule has 1 amide bonds. The van der Waals surface area contributed by atoms with Crippen molar-refractivity contribution in [1.82, 2.24) is 4.90 Å². The predicted octanol–water partition coefficient (Wildman–Crippen LogP) is 5.34. The van der Waals surface area contributed by atoms with Crippen LogP contribution in [0, 0.1) is 0 Å². The zero-order valence-corrected chi connectivity index (χ0v) is 18.4. The zero-order valence-electron chi connectivity index (χ0n) is 18.4. The predicted molar refractivity (Wildman–Crippen MR) is 129 cm³/mol. The Morgan fingerprint density at radius 2 is 1.44 bits per heavy atom. The van der Waals surface area contributed by atoms with E-state index < -0.39 is 5.97 Å². The highest BCUT2D eigenvalue weighted by Gasteiger charge is 2.10. The fourth-order valence-corrected chi connectivity index (χ4v) is 3.50. The number of aliphatic carboxylic acids is 1. The van der Waals surface area contributed by atoms with Crippen LogP contribution in [0.1, 0.15) is 35.1 Å². The van der Waals surface area contributed by atoms with Gasteiger partial charge in [0, 0.05) is 20.0 Å². The van der Waals surface area contributed by atoms with Gasteiger partial charge < -0.3 is 10.0 Å². The van der Waals surface area contributed by atoms with Crippen molar-refractivity contribution in [1.29, 1.82) is 0 Å². The molecule has 164 valence electrons. The van der Waals surface area contributed by atoms with E-state index in [4.69, 9.17) is 5.11 Å². The number of allylic oxidation sites excluding steroid dienone is 1. The van der Waals surface area contributed by atoms with Gasteiger partial charge in [-0.1, -0.05) is 91.0 Å². The van der Waals surface area contributed by atoms with Crippen molar-refractivity contribution in [3.63, 3.8) is 0 Å². The smallest absolute Gasteiger partial charge is 0.303 e. The number of rotatable bonds is 10. The first kappa shape index (κ1) is 23.0. The second-order valence-corrected chi connectivity index (χ2v) is 7.90. The van der Waals surface area contributed by atoms with E-state index in [9.17, 15) is 9.59 Å². The lowest BCUT2D eigenvalue weighted by molar-refractivity contribution is -0.136. The SMILES string of the molecule is CN(CCc1ccccc1)C(=O)Cc1ccc(C=C(CCC(=O)O)c2ccccc2)cc1. The van der Waals surface area contributed by atoms with Crippen molar-refractivity contribution in [2.24, 2.45) is 0 Å². The van der Waals surface area contributed by atoms with Crippen LogP contribution >= 0.6 is 0 Å². The van der Waals surface area contributed by atoms with Gasteiger partial charge in [0.2, 0.25) is 5.91 Å². The Morgan fingerprint density at radius 1 is 0.812 bits per heavy atom. The number of hydrogen-bond donors (Lipinski definition) is 1. The number of hydrogen-bond acceptors (Lipinski definition) is 2. The highest BCUT2D eigenvalue weighted by Crippen LogP contribution is 2.23. The number of carboxylic acids is 1. The molecule has 0 radical (unpaired) electrons. The van der Waals surface area contributed by atoms with Crippen molar-refractivity contribution in [2.45, 2.75) is 25.7 Å². The largest absolute Gasteiger partial charge is 0.481 e. The Bertz CT molecular complexity index is 1040. The Hall–Kier alpha value is -3.66. The fourth-order valence-electron chi connectivity index (χ4n) is 3.50. The average molecular weight is 428 g/mol. The van der Waals surface area contributed by atoms with E-state index in [1.54, 1.807) is 4.90 Å². The minimum absolute atomic E-state index is 0.0859. The van der Waals surface area contributed by atoms with E-state index in [-0.39, 0.29) is 12.3 Å². The van der Waals surface area contributed by atoms with Crippen LogP contribution in [-0.2, 0) is 22.4 Å². The normalized spacial score (nSPS) is 11.2. The summed E-state index contributed by atoms with van der Waals surface area (Å²) in [7, 11) is 1.84. The van der Waals surface area contributed by atoms with Gasteiger partial charge in [-0.25, -0.2) is 0 Å². The Morgan fingerprint density at radius 3 is 2.06 bits per heavy atom. The minimum Gasteiger partial charge on any atom is -0.481 e. The van der Waals surface area contributed by atoms with Crippen LogP contribution in [0.3, 0.4) is 0 Å². The summed E-state index contributed by atoms with van der Waals surface area (Å²) in [4.78, 5) is 25.4. The summed E-state index contributed by atoms with van der Waals surface area (Å²) in [6.45, 7) is 0.688. The number of carbonyl (C=O) groups is 2. The quantitative estimate of drug-likeness (QED) is 0.445. The van der Waals surface area contributed by atoms with E-state index in [0.717, 1.165) is 28.7 Å². The van der Waals surface area contributed by atoms with E-state index in [1.807, 2.05) is 85.9 Å². The fraction of sp³-hybridized carbons (Fsp3) is 0.214. The molecule has 0 saturated heterocycles. The molecular weight excluding hydrogens is 398 g/mol. The maximum Gasteiger partial charge on any atom is 0.303 e.